The molecule has 1 fully saturated rings. The molecular formula is C33H31FN4O2. The number of anilines is 1. The van der Waals surface area contributed by atoms with E-state index < -0.39 is 0 Å². The minimum absolute atomic E-state index is 0.0326. The average Bonchev–Trinajstić information content (AvgIpc) is 3.25. The Bertz CT molecular complexity index is 1480. The molecule has 0 aliphatic carbocycles. The van der Waals surface area contributed by atoms with Gasteiger partial charge in [0.05, 0.1) is 0 Å². The summed E-state index contributed by atoms with van der Waals surface area (Å²) in [4.78, 5) is 32.5. The zero-order valence-electron chi connectivity index (χ0n) is 22.2. The van der Waals surface area contributed by atoms with Crippen LogP contribution in [0, 0.1) is 5.82 Å². The van der Waals surface area contributed by atoms with E-state index in [1.807, 2.05) is 59.5 Å². The number of piperazine rings is 1. The van der Waals surface area contributed by atoms with E-state index in [4.69, 9.17) is 0 Å². The molecule has 7 heteroatoms. The van der Waals surface area contributed by atoms with Crippen molar-refractivity contribution in [3.63, 3.8) is 0 Å². The van der Waals surface area contributed by atoms with E-state index in [9.17, 15) is 14.0 Å². The zero-order chi connectivity index (χ0) is 27.5. The number of carbonyl (C=O) groups excluding carboxylic acids is 2. The monoisotopic (exact) mass is 534 g/mol. The van der Waals surface area contributed by atoms with Gasteiger partial charge in [-0.2, -0.15) is 0 Å². The SMILES string of the molecule is O=C(c1ccc(NC2c3ccccc3C(=O)N2Cc2ccc(F)cc2)cc1)N1CCN(Cc2ccccc2)CC1. The normalized spacial score (nSPS) is 17.1. The van der Waals surface area contributed by atoms with Crippen LogP contribution in [0.2, 0.25) is 0 Å². The Morgan fingerprint density at radius 3 is 2.12 bits per heavy atom. The third-order valence-corrected chi connectivity index (χ3v) is 7.67. The van der Waals surface area contributed by atoms with Crippen LogP contribution in [0.1, 0.15) is 43.6 Å². The van der Waals surface area contributed by atoms with Gasteiger partial charge in [-0.1, -0.05) is 60.7 Å². The number of carbonyl (C=O) groups is 2. The number of nitrogens with one attached hydrogen (secondary N) is 1. The Kier molecular flexibility index (Phi) is 7.29. The number of halogens is 1. The highest BCUT2D eigenvalue weighted by atomic mass is 19.1. The molecule has 6 nitrogen and oxygen atoms in total. The molecular weight excluding hydrogens is 503 g/mol. The Hall–Kier alpha value is -4.49. The first kappa shape index (κ1) is 25.8. The smallest absolute Gasteiger partial charge is 0.256 e. The average molecular weight is 535 g/mol. The summed E-state index contributed by atoms with van der Waals surface area (Å²) in [5, 5.41) is 3.48. The molecule has 6 rings (SSSR count). The molecule has 202 valence electrons. The largest absolute Gasteiger partial charge is 0.361 e. The Balaban J connectivity index is 1.11. The quantitative estimate of drug-likeness (QED) is 0.338. The maximum absolute atomic E-state index is 13.4. The van der Waals surface area contributed by atoms with E-state index in [-0.39, 0.29) is 23.8 Å². The van der Waals surface area contributed by atoms with Gasteiger partial charge in [-0.05, 0) is 53.6 Å². The lowest BCUT2D eigenvalue weighted by atomic mass is 10.1. The van der Waals surface area contributed by atoms with Crippen molar-refractivity contribution in [1.29, 1.82) is 0 Å². The van der Waals surface area contributed by atoms with Gasteiger partial charge in [-0.25, -0.2) is 4.39 Å². The summed E-state index contributed by atoms with van der Waals surface area (Å²) in [6, 6.07) is 31.6. The molecule has 2 amide bonds. The lowest BCUT2D eigenvalue weighted by Gasteiger charge is -2.34. The van der Waals surface area contributed by atoms with Crippen molar-refractivity contribution in [1.82, 2.24) is 14.7 Å². The third-order valence-electron chi connectivity index (χ3n) is 7.67. The van der Waals surface area contributed by atoms with Gasteiger partial charge in [-0.3, -0.25) is 14.5 Å². The first-order valence-electron chi connectivity index (χ1n) is 13.6. The van der Waals surface area contributed by atoms with E-state index in [1.54, 1.807) is 17.0 Å². The van der Waals surface area contributed by atoms with Crippen molar-refractivity contribution in [3.05, 3.63) is 137 Å². The fourth-order valence-electron chi connectivity index (χ4n) is 5.48. The Labute approximate surface area is 233 Å². The van der Waals surface area contributed by atoms with Gasteiger partial charge in [0, 0.05) is 61.6 Å². The van der Waals surface area contributed by atoms with Gasteiger partial charge < -0.3 is 15.1 Å². The van der Waals surface area contributed by atoms with Gasteiger partial charge in [0.15, 0.2) is 0 Å². The van der Waals surface area contributed by atoms with Crippen molar-refractivity contribution < 1.29 is 14.0 Å². The molecule has 1 unspecified atom stereocenters. The number of fused-ring (bicyclic) bond motifs is 1. The lowest BCUT2D eigenvalue weighted by Crippen LogP contribution is -2.48. The van der Waals surface area contributed by atoms with E-state index in [2.05, 4.69) is 34.5 Å². The van der Waals surface area contributed by atoms with Crippen molar-refractivity contribution in [2.24, 2.45) is 0 Å². The molecule has 1 saturated heterocycles. The maximum atomic E-state index is 13.4. The van der Waals surface area contributed by atoms with Crippen LogP contribution in [-0.2, 0) is 13.1 Å². The Morgan fingerprint density at radius 1 is 0.750 bits per heavy atom. The van der Waals surface area contributed by atoms with Gasteiger partial charge >= 0.3 is 0 Å². The van der Waals surface area contributed by atoms with Crippen molar-refractivity contribution in [2.45, 2.75) is 19.3 Å². The third kappa shape index (κ3) is 5.46. The lowest BCUT2D eigenvalue weighted by molar-refractivity contribution is 0.0628. The molecule has 1 atom stereocenters. The molecule has 2 heterocycles. The molecule has 0 aromatic heterocycles. The van der Waals surface area contributed by atoms with Crippen LogP contribution < -0.4 is 5.32 Å². The summed E-state index contributed by atoms with van der Waals surface area (Å²) in [7, 11) is 0. The number of hydrogen-bond donors (Lipinski definition) is 1. The summed E-state index contributed by atoms with van der Waals surface area (Å²) in [5.41, 5.74) is 5.13. The van der Waals surface area contributed by atoms with Gasteiger partial charge in [0.2, 0.25) is 0 Å². The molecule has 0 radical (unpaired) electrons. The second-order valence-corrected chi connectivity index (χ2v) is 10.3. The summed E-state index contributed by atoms with van der Waals surface area (Å²) < 4.78 is 13.4. The Morgan fingerprint density at radius 2 is 1.40 bits per heavy atom. The van der Waals surface area contributed by atoms with Gasteiger partial charge in [-0.15, -0.1) is 0 Å². The number of benzene rings is 4. The predicted octanol–water partition coefficient (Wildman–Crippen LogP) is 5.55. The number of amides is 2. The maximum Gasteiger partial charge on any atom is 0.256 e. The van der Waals surface area contributed by atoms with Crippen LogP contribution >= 0.6 is 0 Å². The molecule has 2 aliphatic heterocycles. The highest BCUT2D eigenvalue weighted by Crippen LogP contribution is 2.35. The summed E-state index contributed by atoms with van der Waals surface area (Å²) in [5.74, 6) is -0.348. The zero-order valence-corrected chi connectivity index (χ0v) is 22.2. The predicted molar refractivity (Wildman–Crippen MR) is 153 cm³/mol. The van der Waals surface area contributed by atoms with Crippen LogP contribution in [0.4, 0.5) is 10.1 Å². The van der Waals surface area contributed by atoms with Crippen LogP contribution in [0.25, 0.3) is 0 Å². The molecule has 4 aromatic rings. The minimum atomic E-state index is -0.381. The van der Waals surface area contributed by atoms with Crippen molar-refractivity contribution in [3.8, 4) is 0 Å². The standard InChI is InChI=1S/C33H31FN4O2/c34-27-14-10-25(11-15-27)23-38-31(29-8-4-5-9-30(29)33(38)40)35-28-16-12-26(13-17-28)32(39)37-20-18-36(19-21-37)22-24-6-2-1-3-7-24/h1-17,31,35H,18-23H2. The number of rotatable bonds is 7. The van der Waals surface area contributed by atoms with E-state index in [0.717, 1.165) is 36.4 Å². The van der Waals surface area contributed by atoms with Crippen molar-refractivity contribution in [2.75, 3.05) is 31.5 Å². The topological polar surface area (TPSA) is 55.9 Å². The molecule has 1 N–H and O–H groups in total. The number of hydrogen-bond acceptors (Lipinski definition) is 4. The highest BCUT2D eigenvalue weighted by Gasteiger charge is 2.36. The van der Waals surface area contributed by atoms with Crippen LogP contribution in [0.3, 0.4) is 0 Å². The van der Waals surface area contributed by atoms with Crippen LogP contribution in [0.5, 0.6) is 0 Å². The fraction of sp³-hybridized carbons (Fsp3) is 0.212. The summed E-state index contributed by atoms with van der Waals surface area (Å²) in [6.07, 6.45) is -0.381. The molecule has 4 aromatic carbocycles. The van der Waals surface area contributed by atoms with E-state index in [0.29, 0.717) is 30.8 Å². The molecule has 2 aliphatic rings. The second-order valence-electron chi connectivity index (χ2n) is 10.3. The number of nitrogens with zero attached hydrogens (tertiary/aromatic N) is 3. The van der Waals surface area contributed by atoms with E-state index in [1.165, 1.54) is 17.7 Å². The second kappa shape index (κ2) is 11.3. The molecule has 0 spiro atoms. The molecule has 0 bridgehead atoms. The van der Waals surface area contributed by atoms with Gasteiger partial charge in [0.25, 0.3) is 11.8 Å². The fourth-order valence-corrected chi connectivity index (χ4v) is 5.48. The molecule has 40 heavy (non-hydrogen) atoms. The minimum Gasteiger partial charge on any atom is -0.361 e. The van der Waals surface area contributed by atoms with Crippen LogP contribution in [-0.4, -0.2) is 52.7 Å². The van der Waals surface area contributed by atoms with Crippen LogP contribution in [0.15, 0.2) is 103 Å². The van der Waals surface area contributed by atoms with Crippen molar-refractivity contribution >= 4 is 17.5 Å². The first-order valence-corrected chi connectivity index (χ1v) is 13.6. The van der Waals surface area contributed by atoms with Gasteiger partial charge in [0.1, 0.15) is 12.0 Å². The first-order chi connectivity index (χ1) is 19.5. The molecule has 0 saturated carbocycles. The van der Waals surface area contributed by atoms with E-state index >= 15 is 0 Å². The summed E-state index contributed by atoms with van der Waals surface area (Å²) in [6.45, 7) is 4.33. The highest BCUT2D eigenvalue weighted by molar-refractivity contribution is 5.99. The summed E-state index contributed by atoms with van der Waals surface area (Å²) >= 11 is 0.